The lowest BCUT2D eigenvalue weighted by Gasteiger charge is -2.11. The highest BCUT2D eigenvalue weighted by atomic mass is 35.5. The highest BCUT2D eigenvalue weighted by molar-refractivity contribution is 7.89. The van der Waals surface area contributed by atoms with Crippen molar-refractivity contribution in [2.45, 2.75) is 24.8 Å². The summed E-state index contributed by atoms with van der Waals surface area (Å²) in [5, 5.41) is 2.81. The van der Waals surface area contributed by atoms with Crippen molar-refractivity contribution in [2.75, 3.05) is 26.4 Å². The molecule has 0 saturated heterocycles. The largest absolute Gasteiger partial charge is 0.482 e. The van der Waals surface area contributed by atoms with Gasteiger partial charge < -0.3 is 14.8 Å². The second-order valence-electron chi connectivity index (χ2n) is 6.09. The molecule has 9 heteroatoms. The summed E-state index contributed by atoms with van der Waals surface area (Å²) in [6, 6.07) is 13.3. The lowest BCUT2D eigenvalue weighted by Crippen LogP contribution is -2.30. The predicted molar refractivity (Wildman–Crippen MR) is 112 cm³/mol. The molecule has 2 aromatic carbocycles. The van der Waals surface area contributed by atoms with Crippen molar-refractivity contribution in [3.05, 3.63) is 59.1 Å². The molecule has 0 spiro atoms. The van der Waals surface area contributed by atoms with Gasteiger partial charge in [-0.05, 0) is 37.1 Å². The zero-order valence-corrected chi connectivity index (χ0v) is 17.8. The van der Waals surface area contributed by atoms with E-state index in [0.29, 0.717) is 26.2 Å². The van der Waals surface area contributed by atoms with Gasteiger partial charge in [0.25, 0.3) is 5.91 Å². The first kappa shape index (κ1) is 23.2. The van der Waals surface area contributed by atoms with E-state index in [-0.39, 0.29) is 34.7 Å². The van der Waals surface area contributed by atoms with Crippen LogP contribution in [0.15, 0.2) is 53.4 Å². The first-order valence-electron chi connectivity index (χ1n) is 9.22. The van der Waals surface area contributed by atoms with Crippen LogP contribution in [-0.4, -0.2) is 40.7 Å². The quantitative estimate of drug-likeness (QED) is 0.495. The number of carbonyl (C=O) groups is 1. The third-order valence-corrected chi connectivity index (χ3v) is 5.57. The van der Waals surface area contributed by atoms with E-state index in [9.17, 15) is 13.2 Å². The summed E-state index contributed by atoms with van der Waals surface area (Å²) < 4.78 is 38.0. The van der Waals surface area contributed by atoms with Gasteiger partial charge in [0.15, 0.2) is 6.61 Å². The number of sulfonamides is 1. The molecule has 0 bridgehead atoms. The number of rotatable bonds is 12. The van der Waals surface area contributed by atoms with Gasteiger partial charge in [-0.25, -0.2) is 13.1 Å². The lowest BCUT2D eigenvalue weighted by molar-refractivity contribution is -0.123. The van der Waals surface area contributed by atoms with E-state index >= 15 is 0 Å². The summed E-state index contributed by atoms with van der Waals surface area (Å²) >= 11 is 6.13. The molecule has 7 nitrogen and oxygen atoms in total. The molecule has 2 N–H and O–H groups in total. The molecule has 0 aliphatic heterocycles. The van der Waals surface area contributed by atoms with E-state index in [2.05, 4.69) is 10.0 Å². The minimum absolute atomic E-state index is 0.0196. The Morgan fingerprint density at radius 2 is 1.90 bits per heavy atom. The number of nitrogens with one attached hydrogen (secondary N) is 2. The SMILES string of the molecule is CCOCCCNC(=O)COc1ccc(S(=O)(=O)NCc2ccccc2)cc1Cl. The molecule has 0 aliphatic rings. The van der Waals surface area contributed by atoms with Gasteiger partial charge in [-0.1, -0.05) is 41.9 Å². The third kappa shape index (κ3) is 8.02. The van der Waals surface area contributed by atoms with Crippen LogP contribution in [0.3, 0.4) is 0 Å². The first-order chi connectivity index (χ1) is 13.9. The standard InChI is InChI=1S/C20H25ClN2O5S/c1-2-27-12-6-11-22-20(24)15-28-19-10-9-17(13-18(19)21)29(25,26)23-14-16-7-4-3-5-8-16/h3-5,7-10,13,23H,2,6,11-12,14-15H2,1H3,(H,22,24). The highest BCUT2D eigenvalue weighted by Crippen LogP contribution is 2.27. The van der Waals surface area contributed by atoms with Gasteiger partial charge in [0, 0.05) is 26.3 Å². The normalized spacial score (nSPS) is 11.2. The zero-order valence-electron chi connectivity index (χ0n) is 16.2. The molecule has 2 aromatic rings. The van der Waals surface area contributed by atoms with E-state index < -0.39 is 10.0 Å². The van der Waals surface area contributed by atoms with E-state index in [1.54, 1.807) is 0 Å². The molecule has 2 rings (SSSR count). The molecular formula is C20H25ClN2O5S. The second-order valence-corrected chi connectivity index (χ2v) is 8.27. The molecule has 0 aromatic heterocycles. The molecule has 0 unspecified atom stereocenters. The van der Waals surface area contributed by atoms with Crippen LogP contribution in [0.25, 0.3) is 0 Å². The lowest BCUT2D eigenvalue weighted by atomic mass is 10.2. The Morgan fingerprint density at radius 3 is 2.59 bits per heavy atom. The summed E-state index contributed by atoms with van der Waals surface area (Å²) in [7, 11) is -3.73. The Kier molecular flexibility index (Phi) is 9.40. The molecule has 0 saturated carbocycles. The number of amides is 1. The average Bonchev–Trinajstić information content (AvgIpc) is 2.72. The van der Waals surface area contributed by atoms with Crippen LogP contribution in [0.4, 0.5) is 0 Å². The Balaban J connectivity index is 1.86. The van der Waals surface area contributed by atoms with Crippen LogP contribution >= 0.6 is 11.6 Å². The first-order valence-corrected chi connectivity index (χ1v) is 11.1. The van der Waals surface area contributed by atoms with Gasteiger partial charge >= 0.3 is 0 Å². The number of carbonyl (C=O) groups excluding carboxylic acids is 1. The maximum atomic E-state index is 12.4. The van der Waals surface area contributed by atoms with E-state index in [1.165, 1.54) is 18.2 Å². The molecule has 29 heavy (non-hydrogen) atoms. The smallest absolute Gasteiger partial charge is 0.257 e. The number of benzene rings is 2. The number of hydrogen-bond donors (Lipinski definition) is 2. The summed E-state index contributed by atoms with van der Waals surface area (Å²) in [5.41, 5.74) is 0.842. The fourth-order valence-electron chi connectivity index (χ4n) is 2.36. The van der Waals surface area contributed by atoms with Gasteiger partial charge in [0.05, 0.1) is 9.92 Å². The van der Waals surface area contributed by atoms with Crippen LogP contribution in [0.2, 0.25) is 5.02 Å². The third-order valence-electron chi connectivity index (χ3n) is 3.87. The Labute approximate surface area is 176 Å². The molecular weight excluding hydrogens is 416 g/mol. The average molecular weight is 441 g/mol. The molecule has 0 atom stereocenters. The fraction of sp³-hybridized carbons (Fsp3) is 0.350. The van der Waals surface area contributed by atoms with E-state index in [1.807, 2.05) is 37.3 Å². The molecule has 0 radical (unpaired) electrons. The van der Waals surface area contributed by atoms with Gasteiger partial charge in [0.1, 0.15) is 5.75 Å². The molecule has 0 aliphatic carbocycles. The number of halogens is 1. The van der Waals surface area contributed by atoms with Crippen LogP contribution < -0.4 is 14.8 Å². The van der Waals surface area contributed by atoms with Crippen LogP contribution in [0.1, 0.15) is 18.9 Å². The minimum atomic E-state index is -3.73. The maximum Gasteiger partial charge on any atom is 0.257 e. The summed E-state index contributed by atoms with van der Waals surface area (Å²) in [4.78, 5) is 11.8. The van der Waals surface area contributed by atoms with Gasteiger partial charge in [-0.3, -0.25) is 4.79 Å². The summed E-state index contributed by atoms with van der Waals surface area (Å²) in [6.07, 6.45) is 0.711. The maximum absolute atomic E-state index is 12.4. The molecule has 158 valence electrons. The Morgan fingerprint density at radius 1 is 1.14 bits per heavy atom. The summed E-state index contributed by atoms with van der Waals surface area (Å²) in [5.74, 6) is -0.0584. The molecule has 1 amide bonds. The summed E-state index contributed by atoms with van der Waals surface area (Å²) in [6.45, 7) is 3.57. The Hall–Kier alpha value is -2.13. The van der Waals surface area contributed by atoms with Gasteiger partial charge in [-0.2, -0.15) is 0 Å². The fourth-order valence-corrected chi connectivity index (χ4v) is 3.71. The van der Waals surface area contributed by atoms with Crippen molar-refractivity contribution in [1.82, 2.24) is 10.0 Å². The van der Waals surface area contributed by atoms with E-state index in [0.717, 1.165) is 5.56 Å². The predicted octanol–water partition coefficient (Wildman–Crippen LogP) is 2.74. The number of ether oxygens (including phenoxy) is 2. The van der Waals surface area contributed by atoms with Gasteiger partial charge in [-0.15, -0.1) is 0 Å². The zero-order chi connectivity index (χ0) is 21.1. The van der Waals surface area contributed by atoms with Gasteiger partial charge in [0.2, 0.25) is 10.0 Å². The van der Waals surface area contributed by atoms with Crippen molar-refractivity contribution in [3.63, 3.8) is 0 Å². The van der Waals surface area contributed by atoms with Crippen molar-refractivity contribution < 1.29 is 22.7 Å². The van der Waals surface area contributed by atoms with Crippen LogP contribution in [-0.2, 0) is 26.1 Å². The van der Waals surface area contributed by atoms with Crippen molar-refractivity contribution in [3.8, 4) is 5.75 Å². The van der Waals surface area contributed by atoms with Crippen LogP contribution in [0.5, 0.6) is 5.75 Å². The molecule has 0 heterocycles. The van der Waals surface area contributed by atoms with Crippen molar-refractivity contribution in [1.29, 1.82) is 0 Å². The Bertz CT molecular complexity index is 891. The van der Waals surface area contributed by atoms with E-state index in [4.69, 9.17) is 21.1 Å². The monoisotopic (exact) mass is 440 g/mol. The second kappa shape index (κ2) is 11.8. The van der Waals surface area contributed by atoms with Crippen LogP contribution in [0, 0.1) is 0 Å². The number of hydrogen-bond acceptors (Lipinski definition) is 5. The topological polar surface area (TPSA) is 93.7 Å². The minimum Gasteiger partial charge on any atom is -0.482 e. The molecule has 0 fully saturated rings. The van der Waals surface area contributed by atoms with Crippen molar-refractivity contribution in [2.24, 2.45) is 0 Å². The van der Waals surface area contributed by atoms with Crippen molar-refractivity contribution >= 4 is 27.5 Å². The highest BCUT2D eigenvalue weighted by Gasteiger charge is 2.16.